The Morgan fingerprint density at radius 2 is 1.70 bits per heavy atom. The second kappa shape index (κ2) is 10.3. The monoisotopic (exact) mass is 415 g/mol. The Kier molecular flexibility index (Phi) is 7.53. The van der Waals surface area contributed by atoms with Gasteiger partial charge in [-0.3, -0.25) is 4.79 Å². The van der Waals surface area contributed by atoms with Crippen LogP contribution in [0.25, 0.3) is 0 Å². The molecule has 3 rings (SSSR count). The Balaban J connectivity index is 1.82. The van der Waals surface area contributed by atoms with Gasteiger partial charge in [-0.25, -0.2) is 4.79 Å². The number of carbonyl (C=O) groups is 2. The number of ether oxygens (including phenoxy) is 3. The number of hydrogen-bond acceptors (Lipinski definition) is 7. The minimum absolute atomic E-state index is 0.162. The van der Waals surface area contributed by atoms with Crippen LogP contribution in [0.2, 0.25) is 0 Å². The Hall–Kier alpha value is -2.78. The fourth-order valence-electron chi connectivity index (χ4n) is 3.26. The van der Waals surface area contributed by atoms with Gasteiger partial charge in [0.2, 0.25) is 5.91 Å². The van der Waals surface area contributed by atoms with Crippen LogP contribution >= 0.6 is 0 Å². The van der Waals surface area contributed by atoms with E-state index < -0.39 is 49.1 Å². The summed E-state index contributed by atoms with van der Waals surface area (Å²) in [4.78, 5) is 24.4. The normalized spacial score (nSPS) is 26.0. The Morgan fingerprint density at radius 3 is 2.30 bits per heavy atom. The summed E-state index contributed by atoms with van der Waals surface area (Å²) in [6.45, 7) is 0.947. The number of carbonyl (C=O) groups excluding carboxylic acids is 2. The number of amides is 1. The summed E-state index contributed by atoms with van der Waals surface area (Å²) in [5, 5.41) is 22.9. The molecule has 1 aliphatic heterocycles. The van der Waals surface area contributed by atoms with Crippen molar-refractivity contribution < 1.29 is 34.0 Å². The molecule has 0 aliphatic carbocycles. The quantitative estimate of drug-likeness (QED) is 0.578. The average molecular weight is 415 g/mol. The average Bonchev–Trinajstić information content (AvgIpc) is 2.76. The first-order chi connectivity index (χ1) is 14.5. The summed E-state index contributed by atoms with van der Waals surface area (Å²) in [5.41, 5.74) is 1.16. The van der Waals surface area contributed by atoms with Gasteiger partial charge in [-0.05, 0) is 17.7 Å². The number of esters is 1. The first kappa shape index (κ1) is 21.9. The van der Waals surface area contributed by atoms with Gasteiger partial charge in [0.1, 0.15) is 18.2 Å². The van der Waals surface area contributed by atoms with E-state index in [4.69, 9.17) is 14.2 Å². The largest absolute Gasteiger partial charge is 0.453 e. The maximum Gasteiger partial charge on any atom is 0.338 e. The molecule has 1 saturated heterocycles. The van der Waals surface area contributed by atoms with Crippen molar-refractivity contribution in [3.05, 3.63) is 71.8 Å². The molecule has 0 aromatic heterocycles. The van der Waals surface area contributed by atoms with E-state index in [9.17, 15) is 19.8 Å². The lowest BCUT2D eigenvalue weighted by atomic mass is 9.96. The maximum atomic E-state index is 12.6. The van der Waals surface area contributed by atoms with Gasteiger partial charge in [0.25, 0.3) is 0 Å². The molecule has 0 radical (unpaired) electrons. The summed E-state index contributed by atoms with van der Waals surface area (Å²) in [6, 6.07) is 16.6. The van der Waals surface area contributed by atoms with Gasteiger partial charge in [0.15, 0.2) is 12.4 Å². The SMILES string of the molecule is CC(=O)NC1C(OCc2ccccc2)OC(CO)C(O)C1OC(=O)c1ccccc1. The lowest BCUT2D eigenvalue weighted by Crippen LogP contribution is -2.65. The molecule has 8 nitrogen and oxygen atoms in total. The summed E-state index contributed by atoms with van der Waals surface area (Å²) in [5.74, 6) is -1.08. The second-order valence-electron chi connectivity index (χ2n) is 6.97. The van der Waals surface area contributed by atoms with E-state index in [1.54, 1.807) is 30.3 Å². The Labute approximate surface area is 174 Å². The number of nitrogens with one attached hydrogen (secondary N) is 1. The molecule has 1 heterocycles. The van der Waals surface area contributed by atoms with Gasteiger partial charge in [0, 0.05) is 6.92 Å². The molecule has 5 atom stereocenters. The van der Waals surface area contributed by atoms with Gasteiger partial charge in [0.05, 0.1) is 18.8 Å². The van der Waals surface area contributed by atoms with Crippen LogP contribution in [0.1, 0.15) is 22.8 Å². The van der Waals surface area contributed by atoms with Crippen molar-refractivity contribution in [2.24, 2.45) is 0 Å². The van der Waals surface area contributed by atoms with Crippen molar-refractivity contribution in [2.45, 2.75) is 44.2 Å². The van der Waals surface area contributed by atoms with Crippen LogP contribution in [-0.4, -0.2) is 59.3 Å². The van der Waals surface area contributed by atoms with E-state index in [2.05, 4.69) is 5.32 Å². The van der Waals surface area contributed by atoms with Gasteiger partial charge < -0.3 is 29.7 Å². The van der Waals surface area contributed by atoms with Crippen molar-refractivity contribution in [1.82, 2.24) is 5.32 Å². The molecular weight excluding hydrogens is 390 g/mol. The highest BCUT2D eigenvalue weighted by Crippen LogP contribution is 2.26. The summed E-state index contributed by atoms with van der Waals surface area (Å²) in [7, 11) is 0. The highest BCUT2D eigenvalue weighted by atomic mass is 16.7. The van der Waals surface area contributed by atoms with E-state index in [1.807, 2.05) is 30.3 Å². The Morgan fingerprint density at radius 1 is 1.07 bits per heavy atom. The Bertz CT molecular complexity index is 830. The molecule has 5 unspecified atom stereocenters. The van der Waals surface area contributed by atoms with Crippen molar-refractivity contribution in [3.63, 3.8) is 0 Å². The minimum atomic E-state index is -1.36. The minimum Gasteiger partial charge on any atom is -0.453 e. The van der Waals surface area contributed by atoms with E-state index in [-0.39, 0.29) is 6.61 Å². The van der Waals surface area contributed by atoms with E-state index in [0.717, 1.165) is 5.56 Å². The molecule has 30 heavy (non-hydrogen) atoms. The molecule has 160 valence electrons. The zero-order chi connectivity index (χ0) is 21.5. The smallest absolute Gasteiger partial charge is 0.338 e. The number of aliphatic hydroxyl groups excluding tert-OH is 2. The van der Waals surface area contributed by atoms with Gasteiger partial charge in [-0.1, -0.05) is 48.5 Å². The molecule has 1 aliphatic rings. The highest BCUT2D eigenvalue weighted by Gasteiger charge is 2.48. The molecule has 0 bridgehead atoms. The third-order valence-electron chi connectivity index (χ3n) is 4.73. The molecular formula is C22H25NO7. The number of benzene rings is 2. The lowest BCUT2D eigenvalue weighted by molar-refractivity contribution is -0.273. The van der Waals surface area contributed by atoms with Crippen molar-refractivity contribution in [1.29, 1.82) is 0 Å². The van der Waals surface area contributed by atoms with E-state index in [1.165, 1.54) is 6.92 Å². The summed E-state index contributed by atoms with van der Waals surface area (Å²) >= 11 is 0. The third kappa shape index (κ3) is 5.43. The second-order valence-corrected chi connectivity index (χ2v) is 6.97. The van der Waals surface area contributed by atoms with Crippen LogP contribution in [-0.2, 0) is 25.6 Å². The number of aliphatic hydroxyl groups is 2. The topological polar surface area (TPSA) is 114 Å². The van der Waals surface area contributed by atoms with E-state index in [0.29, 0.717) is 5.56 Å². The molecule has 8 heteroatoms. The highest BCUT2D eigenvalue weighted by molar-refractivity contribution is 5.89. The summed E-state index contributed by atoms with van der Waals surface area (Å²) < 4.78 is 17.0. The number of rotatable bonds is 7. The van der Waals surface area contributed by atoms with Crippen LogP contribution in [0, 0.1) is 0 Å². The molecule has 3 N–H and O–H groups in total. The molecule has 0 spiro atoms. The molecule has 2 aromatic carbocycles. The number of hydrogen-bond donors (Lipinski definition) is 3. The predicted molar refractivity (Wildman–Crippen MR) is 106 cm³/mol. The van der Waals surface area contributed by atoms with Crippen LogP contribution in [0.4, 0.5) is 0 Å². The zero-order valence-corrected chi connectivity index (χ0v) is 16.5. The zero-order valence-electron chi connectivity index (χ0n) is 16.5. The van der Waals surface area contributed by atoms with Crippen LogP contribution < -0.4 is 5.32 Å². The fraction of sp³-hybridized carbons (Fsp3) is 0.364. The van der Waals surface area contributed by atoms with Crippen LogP contribution in [0.3, 0.4) is 0 Å². The first-order valence-corrected chi connectivity index (χ1v) is 9.62. The summed E-state index contributed by atoms with van der Waals surface area (Å²) in [6.07, 6.45) is -4.66. The maximum absolute atomic E-state index is 12.6. The fourth-order valence-corrected chi connectivity index (χ4v) is 3.26. The van der Waals surface area contributed by atoms with Crippen molar-refractivity contribution >= 4 is 11.9 Å². The van der Waals surface area contributed by atoms with Gasteiger partial charge in [-0.2, -0.15) is 0 Å². The molecule has 0 saturated carbocycles. The van der Waals surface area contributed by atoms with Gasteiger partial charge >= 0.3 is 5.97 Å². The van der Waals surface area contributed by atoms with Crippen LogP contribution in [0.15, 0.2) is 60.7 Å². The standard InChI is InChI=1S/C22H25NO7/c1-14(25)23-18-20(30-21(27)16-10-6-3-7-11-16)19(26)17(12-24)29-22(18)28-13-15-8-4-2-5-9-15/h2-11,17-20,22,24,26H,12-13H2,1H3,(H,23,25). The molecule has 1 fully saturated rings. The van der Waals surface area contributed by atoms with E-state index >= 15 is 0 Å². The first-order valence-electron chi connectivity index (χ1n) is 9.62. The van der Waals surface area contributed by atoms with Crippen molar-refractivity contribution in [3.8, 4) is 0 Å². The molecule has 1 amide bonds. The lowest BCUT2D eigenvalue weighted by Gasteiger charge is -2.43. The third-order valence-corrected chi connectivity index (χ3v) is 4.73. The predicted octanol–water partition coefficient (Wildman–Crippen LogP) is 1.01. The van der Waals surface area contributed by atoms with Crippen molar-refractivity contribution in [2.75, 3.05) is 6.61 Å². The van der Waals surface area contributed by atoms with Crippen LogP contribution in [0.5, 0.6) is 0 Å². The van der Waals surface area contributed by atoms with Gasteiger partial charge in [-0.15, -0.1) is 0 Å². The molecule has 2 aromatic rings.